The molecule has 0 spiro atoms. The third-order valence-corrected chi connectivity index (χ3v) is 4.60. The number of benzene rings is 1. The first-order valence-corrected chi connectivity index (χ1v) is 9.02. The predicted molar refractivity (Wildman–Crippen MR) is 119 cm³/mol. The lowest BCUT2D eigenvalue weighted by molar-refractivity contribution is 0.476. The standard InChI is InChI=1S/C20H26FN5.HI/c1-22-20(25(2)15-16-5-7-18(21)8-6-16)24-14-17-9-10-23-19(13-17)26-11-3-4-12-26;/h5-10,13H,3-4,11-12,14-15H2,1-2H3,(H,22,24);1H. The van der Waals surface area contributed by atoms with Gasteiger partial charge in [0.25, 0.3) is 0 Å². The molecule has 1 aliphatic heterocycles. The van der Waals surface area contributed by atoms with E-state index in [4.69, 9.17) is 0 Å². The largest absolute Gasteiger partial charge is 0.357 e. The molecule has 0 bridgehead atoms. The van der Waals surface area contributed by atoms with Crippen LogP contribution in [-0.4, -0.2) is 43.0 Å². The van der Waals surface area contributed by atoms with Crippen LogP contribution in [0.3, 0.4) is 0 Å². The van der Waals surface area contributed by atoms with Crippen LogP contribution in [-0.2, 0) is 13.1 Å². The summed E-state index contributed by atoms with van der Waals surface area (Å²) in [6.45, 7) is 3.52. The lowest BCUT2D eigenvalue weighted by atomic mass is 10.2. The van der Waals surface area contributed by atoms with Crippen molar-refractivity contribution in [3.05, 3.63) is 59.5 Å². The number of anilines is 1. The molecule has 27 heavy (non-hydrogen) atoms. The molecule has 0 amide bonds. The van der Waals surface area contributed by atoms with Gasteiger partial charge in [0.05, 0.1) is 0 Å². The van der Waals surface area contributed by atoms with Crippen molar-refractivity contribution >= 4 is 35.8 Å². The maximum absolute atomic E-state index is 13.0. The molecule has 0 aliphatic carbocycles. The zero-order valence-electron chi connectivity index (χ0n) is 15.9. The maximum Gasteiger partial charge on any atom is 0.193 e. The number of aromatic nitrogens is 1. The Morgan fingerprint density at radius 1 is 1.19 bits per heavy atom. The van der Waals surface area contributed by atoms with Gasteiger partial charge in [0.1, 0.15) is 11.6 Å². The molecule has 0 radical (unpaired) electrons. The van der Waals surface area contributed by atoms with Gasteiger partial charge in [0, 0.05) is 46.5 Å². The minimum absolute atomic E-state index is 0. The Morgan fingerprint density at radius 3 is 2.56 bits per heavy atom. The van der Waals surface area contributed by atoms with Crippen LogP contribution in [0, 0.1) is 5.82 Å². The number of rotatable bonds is 5. The molecular formula is C20H27FIN5. The van der Waals surface area contributed by atoms with Crippen molar-refractivity contribution in [3.8, 4) is 0 Å². The molecule has 7 heteroatoms. The van der Waals surface area contributed by atoms with Crippen LogP contribution in [0.1, 0.15) is 24.0 Å². The fourth-order valence-electron chi connectivity index (χ4n) is 3.19. The van der Waals surface area contributed by atoms with Gasteiger partial charge in [-0.3, -0.25) is 4.99 Å². The van der Waals surface area contributed by atoms with Gasteiger partial charge < -0.3 is 15.1 Å². The Hall–Kier alpha value is -1.90. The van der Waals surface area contributed by atoms with Gasteiger partial charge in [-0.2, -0.15) is 0 Å². The Bertz CT molecular complexity index is 744. The summed E-state index contributed by atoms with van der Waals surface area (Å²) in [4.78, 5) is 13.2. The molecule has 146 valence electrons. The van der Waals surface area contributed by atoms with E-state index in [9.17, 15) is 4.39 Å². The smallest absolute Gasteiger partial charge is 0.193 e. The van der Waals surface area contributed by atoms with Gasteiger partial charge >= 0.3 is 0 Å². The summed E-state index contributed by atoms with van der Waals surface area (Å²) in [5, 5.41) is 3.39. The number of guanidine groups is 1. The average Bonchev–Trinajstić information content (AvgIpc) is 3.19. The number of aliphatic imine (C=N–C) groups is 1. The van der Waals surface area contributed by atoms with Gasteiger partial charge in [-0.1, -0.05) is 12.1 Å². The Balaban J connectivity index is 0.00000261. The normalized spacial score (nSPS) is 14.0. The highest BCUT2D eigenvalue weighted by Crippen LogP contribution is 2.18. The molecule has 1 aromatic heterocycles. The minimum atomic E-state index is -0.217. The number of halogens is 2. The van der Waals surface area contributed by atoms with Crippen molar-refractivity contribution in [2.45, 2.75) is 25.9 Å². The van der Waals surface area contributed by atoms with Gasteiger partial charge in [0.2, 0.25) is 0 Å². The maximum atomic E-state index is 13.0. The summed E-state index contributed by atoms with van der Waals surface area (Å²) in [5.74, 6) is 1.63. The topological polar surface area (TPSA) is 43.8 Å². The first-order chi connectivity index (χ1) is 12.7. The molecule has 2 aromatic rings. The quantitative estimate of drug-likeness (QED) is 0.401. The van der Waals surface area contributed by atoms with E-state index in [1.54, 1.807) is 19.2 Å². The predicted octanol–water partition coefficient (Wildman–Crippen LogP) is 3.65. The van der Waals surface area contributed by atoms with E-state index in [0.717, 1.165) is 30.4 Å². The summed E-state index contributed by atoms with van der Waals surface area (Å²) in [7, 11) is 3.74. The van der Waals surface area contributed by atoms with Crippen LogP contribution in [0.25, 0.3) is 0 Å². The van der Waals surface area contributed by atoms with Crippen molar-refractivity contribution in [1.82, 2.24) is 15.2 Å². The van der Waals surface area contributed by atoms with Gasteiger partial charge in [0.15, 0.2) is 5.96 Å². The Morgan fingerprint density at radius 2 is 1.89 bits per heavy atom. The van der Waals surface area contributed by atoms with Crippen molar-refractivity contribution in [2.75, 3.05) is 32.1 Å². The zero-order chi connectivity index (χ0) is 18.4. The molecule has 2 heterocycles. The van der Waals surface area contributed by atoms with E-state index >= 15 is 0 Å². The molecular weight excluding hydrogens is 456 g/mol. The molecule has 0 atom stereocenters. The SMILES string of the molecule is CN=C(NCc1ccnc(N2CCCC2)c1)N(C)Cc1ccc(F)cc1.I. The van der Waals surface area contributed by atoms with E-state index in [0.29, 0.717) is 13.1 Å². The number of nitrogens with one attached hydrogen (secondary N) is 1. The molecule has 1 saturated heterocycles. The van der Waals surface area contributed by atoms with Crippen molar-refractivity contribution in [1.29, 1.82) is 0 Å². The number of hydrogen-bond donors (Lipinski definition) is 1. The average molecular weight is 483 g/mol. The number of nitrogens with zero attached hydrogens (tertiary/aromatic N) is 4. The van der Waals surface area contributed by atoms with E-state index in [-0.39, 0.29) is 29.8 Å². The van der Waals surface area contributed by atoms with Crippen LogP contribution in [0.2, 0.25) is 0 Å². The Labute approximate surface area is 177 Å². The van der Waals surface area contributed by atoms with E-state index in [1.165, 1.54) is 30.5 Å². The van der Waals surface area contributed by atoms with E-state index in [2.05, 4.69) is 26.3 Å². The van der Waals surface area contributed by atoms with Crippen LogP contribution in [0.15, 0.2) is 47.6 Å². The molecule has 1 fully saturated rings. The molecule has 5 nitrogen and oxygen atoms in total. The summed E-state index contributed by atoms with van der Waals surface area (Å²) in [5.41, 5.74) is 2.22. The van der Waals surface area contributed by atoms with Crippen LogP contribution in [0.4, 0.5) is 10.2 Å². The van der Waals surface area contributed by atoms with Gasteiger partial charge in [-0.15, -0.1) is 24.0 Å². The summed E-state index contributed by atoms with van der Waals surface area (Å²) >= 11 is 0. The van der Waals surface area contributed by atoms with E-state index < -0.39 is 0 Å². The number of hydrogen-bond acceptors (Lipinski definition) is 3. The van der Waals surface area contributed by atoms with Crippen molar-refractivity contribution < 1.29 is 4.39 Å². The van der Waals surface area contributed by atoms with Crippen LogP contribution in [0.5, 0.6) is 0 Å². The summed E-state index contributed by atoms with van der Waals surface area (Å²) in [6.07, 6.45) is 4.35. The zero-order valence-corrected chi connectivity index (χ0v) is 18.2. The Kier molecular flexibility index (Phi) is 8.27. The number of pyridine rings is 1. The third kappa shape index (κ3) is 6.05. The first-order valence-electron chi connectivity index (χ1n) is 9.02. The lowest BCUT2D eigenvalue weighted by Gasteiger charge is -2.22. The van der Waals surface area contributed by atoms with E-state index in [1.807, 2.05) is 24.2 Å². The lowest BCUT2D eigenvalue weighted by Crippen LogP contribution is -2.38. The highest BCUT2D eigenvalue weighted by Gasteiger charge is 2.14. The minimum Gasteiger partial charge on any atom is -0.357 e. The summed E-state index contributed by atoms with van der Waals surface area (Å²) < 4.78 is 13.0. The summed E-state index contributed by atoms with van der Waals surface area (Å²) in [6, 6.07) is 10.7. The van der Waals surface area contributed by atoms with Crippen LogP contribution < -0.4 is 10.2 Å². The highest BCUT2D eigenvalue weighted by molar-refractivity contribution is 14.0. The second-order valence-corrected chi connectivity index (χ2v) is 6.60. The van der Waals surface area contributed by atoms with Gasteiger partial charge in [-0.05, 0) is 48.2 Å². The van der Waals surface area contributed by atoms with Gasteiger partial charge in [-0.25, -0.2) is 9.37 Å². The molecule has 0 unspecified atom stereocenters. The van der Waals surface area contributed by atoms with Crippen LogP contribution >= 0.6 is 24.0 Å². The van der Waals surface area contributed by atoms with Crippen molar-refractivity contribution in [3.63, 3.8) is 0 Å². The second-order valence-electron chi connectivity index (χ2n) is 6.60. The molecule has 0 saturated carbocycles. The highest BCUT2D eigenvalue weighted by atomic mass is 127. The molecule has 1 N–H and O–H groups in total. The molecule has 3 rings (SSSR count). The van der Waals surface area contributed by atoms with Crippen molar-refractivity contribution in [2.24, 2.45) is 4.99 Å². The fraction of sp³-hybridized carbons (Fsp3) is 0.400. The molecule has 1 aromatic carbocycles. The second kappa shape index (κ2) is 10.4. The first kappa shape index (κ1) is 21.4. The molecule has 1 aliphatic rings. The fourth-order valence-corrected chi connectivity index (χ4v) is 3.19. The monoisotopic (exact) mass is 483 g/mol. The third-order valence-electron chi connectivity index (χ3n) is 4.60.